The number of rotatable bonds is 4. The zero-order valence-electron chi connectivity index (χ0n) is 11.2. The molecule has 1 aromatic carbocycles. The lowest BCUT2D eigenvalue weighted by Gasteiger charge is -2.14. The van der Waals surface area contributed by atoms with Crippen LogP contribution in [0.4, 0.5) is 4.79 Å². The number of nitrogens with two attached hydrogens (primary N) is 1. The number of ether oxygens (including phenoxy) is 1. The van der Waals surface area contributed by atoms with E-state index in [1.165, 1.54) is 5.56 Å². The number of methoxy groups -OCH3 is 1. The molecule has 0 aliphatic rings. The number of urea groups is 1. The van der Waals surface area contributed by atoms with Crippen LogP contribution in [0.15, 0.2) is 11.2 Å². The van der Waals surface area contributed by atoms with Gasteiger partial charge >= 0.3 is 6.03 Å². The van der Waals surface area contributed by atoms with Crippen molar-refractivity contribution in [1.82, 2.24) is 5.43 Å². The van der Waals surface area contributed by atoms with Crippen molar-refractivity contribution in [3.8, 4) is 0 Å². The zero-order valence-corrected chi connectivity index (χ0v) is 11.2. The van der Waals surface area contributed by atoms with Crippen molar-refractivity contribution in [2.24, 2.45) is 10.8 Å². The first-order valence-electron chi connectivity index (χ1n) is 5.64. The van der Waals surface area contributed by atoms with Crippen molar-refractivity contribution in [3.05, 3.63) is 33.9 Å². The maximum atomic E-state index is 10.6. The fourth-order valence-corrected chi connectivity index (χ4v) is 1.97. The van der Waals surface area contributed by atoms with Gasteiger partial charge in [0.05, 0.1) is 12.8 Å². The Labute approximate surface area is 107 Å². The molecular formula is C13H19N3O2. The third-order valence-corrected chi connectivity index (χ3v) is 2.85. The molecule has 0 fully saturated rings. The van der Waals surface area contributed by atoms with E-state index >= 15 is 0 Å². The van der Waals surface area contributed by atoms with Crippen molar-refractivity contribution < 1.29 is 9.53 Å². The fourth-order valence-electron chi connectivity index (χ4n) is 1.97. The smallest absolute Gasteiger partial charge is 0.332 e. The first kappa shape index (κ1) is 14.2. The largest absolute Gasteiger partial charge is 0.380 e. The molecule has 0 spiro atoms. The molecule has 0 radical (unpaired) electrons. The molecule has 0 bridgehead atoms. The van der Waals surface area contributed by atoms with Crippen LogP contribution in [-0.4, -0.2) is 19.4 Å². The average molecular weight is 249 g/mol. The second-order valence-electron chi connectivity index (χ2n) is 4.19. The molecule has 0 unspecified atom stereocenters. The Bertz CT molecular complexity index is 482. The number of benzene rings is 1. The van der Waals surface area contributed by atoms with Crippen LogP contribution < -0.4 is 11.2 Å². The molecule has 5 heteroatoms. The van der Waals surface area contributed by atoms with Gasteiger partial charge in [-0.15, -0.1) is 0 Å². The van der Waals surface area contributed by atoms with Gasteiger partial charge in [-0.3, -0.25) is 0 Å². The Kier molecular flexibility index (Phi) is 4.85. The lowest BCUT2D eigenvalue weighted by atomic mass is 9.94. The van der Waals surface area contributed by atoms with Crippen LogP contribution in [0.3, 0.4) is 0 Å². The number of aryl methyl sites for hydroxylation is 2. The quantitative estimate of drug-likeness (QED) is 0.630. The Hall–Kier alpha value is -1.88. The van der Waals surface area contributed by atoms with Crippen LogP contribution in [0, 0.1) is 20.8 Å². The molecule has 0 aliphatic heterocycles. The molecule has 3 N–H and O–H groups in total. The number of nitrogens with zero attached hydrogens (tertiary/aromatic N) is 1. The van der Waals surface area contributed by atoms with Gasteiger partial charge in [-0.1, -0.05) is 6.07 Å². The number of primary amides is 1. The molecule has 18 heavy (non-hydrogen) atoms. The highest BCUT2D eigenvalue weighted by Gasteiger charge is 2.09. The summed E-state index contributed by atoms with van der Waals surface area (Å²) in [5.74, 6) is 0. The van der Waals surface area contributed by atoms with Crippen LogP contribution in [0.1, 0.15) is 27.8 Å². The van der Waals surface area contributed by atoms with Gasteiger partial charge in [-0.25, -0.2) is 10.2 Å². The van der Waals surface area contributed by atoms with Gasteiger partial charge in [0.2, 0.25) is 0 Å². The molecular weight excluding hydrogens is 230 g/mol. The highest BCUT2D eigenvalue weighted by molar-refractivity contribution is 5.85. The lowest BCUT2D eigenvalue weighted by molar-refractivity contribution is 0.184. The van der Waals surface area contributed by atoms with E-state index in [0.717, 1.165) is 22.3 Å². The Morgan fingerprint density at radius 3 is 2.67 bits per heavy atom. The van der Waals surface area contributed by atoms with Crippen LogP contribution in [0.5, 0.6) is 0 Å². The molecule has 1 rings (SSSR count). The first-order valence-corrected chi connectivity index (χ1v) is 5.64. The molecule has 1 aromatic rings. The van der Waals surface area contributed by atoms with Crippen LogP contribution in [-0.2, 0) is 11.3 Å². The molecule has 0 saturated heterocycles. The topological polar surface area (TPSA) is 76.7 Å². The second-order valence-corrected chi connectivity index (χ2v) is 4.19. The molecule has 0 aromatic heterocycles. The van der Waals surface area contributed by atoms with E-state index in [4.69, 9.17) is 10.5 Å². The van der Waals surface area contributed by atoms with E-state index in [2.05, 4.69) is 23.5 Å². The first-order chi connectivity index (χ1) is 8.47. The number of hydrazone groups is 1. The summed E-state index contributed by atoms with van der Waals surface area (Å²) in [4.78, 5) is 10.6. The molecule has 0 atom stereocenters. The van der Waals surface area contributed by atoms with Crippen LogP contribution >= 0.6 is 0 Å². The van der Waals surface area contributed by atoms with Gasteiger partial charge in [-0.05, 0) is 43.0 Å². The minimum Gasteiger partial charge on any atom is -0.380 e. The predicted octanol–water partition coefficient (Wildman–Crippen LogP) is 1.76. The van der Waals surface area contributed by atoms with Gasteiger partial charge in [0.1, 0.15) is 0 Å². The summed E-state index contributed by atoms with van der Waals surface area (Å²) in [6.45, 7) is 6.63. The molecule has 0 saturated carbocycles. The summed E-state index contributed by atoms with van der Waals surface area (Å²) in [7, 11) is 1.67. The molecule has 2 amide bonds. The van der Waals surface area contributed by atoms with E-state index in [-0.39, 0.29) is 0 Å². The van der Waals surface area contributed by atoms with Gasteiger partial charge in [0.15, 0.2) is 0 Å². The maximum Gasteiger partial charge on any atom is 0.332 e. The Balaban J connectivity index is 3.14. The van der Waals surface area contributed by atoms with Crippen molar-refractivity contribution in [2.75, 3.05) is 7.11 Å². The van der Waals surface area contributed by atoms with E-state index < -0.39 is 6.03 Å². The monoisotopic (exact) mass is 249 g/mol. The van der Waals surface area contributed by atoms with E-state index in [1.807, 2.05) is 13.8 Å². The number of hydrogen-bond acceptors (Lipinski definition) is 3. The summed E-state index contributed by atoms with van der Waals surface area (Å²) >= 11 is 0. The van der Waals surface area contributed by atoms with Gasteiger partial charge in [0, 0.05) is 12.7 Å². The number of carbonyl (C=O) groups excluding carboxylic acids is 1. The van der Waals surface area contributed by atoms with Gasteiger partial charge < -0.3 is 10.5 Å². The fraction of sp³-hybridized carbons (Fsp3) is 0.385. The number of hydrogen-bond donors (Lipinski definition) is 2. The Morgan fingerprint density at radius 2 is 2.11 bits per heavy atom. The SMILES string of the molecule is COCc1c(C)cc(C)c(/C=N\NC(N)=O)c1C. The van der Waals surface area contributed by atoms with Gasteiger partial charge in [0.25, 0.3) is 0 Å². The number of carbonyl (C=O) groups is 1. The third-order valence-electron chi connectivity index (χ3n) is 2.85. The van der Waals surface area contributed by atoms with Gasteiger partial charge in [-0.2, -0.15) is 5.10 Å². The molecule has 98 valence electrons. The summed E-state index contributed by atoms with van der Waals surface area (Å²) in [5, 5.41) is 3.80. The number of nitrogens with one attached hydrogen (secondary N) is 1. The highest BCUT2D eigenvalue weighted by atomic mass is 16.5. The average Bonchev–Trinajstić information content (AvgIpc) is 2.28. The van der Waals surface area contributed by atoms with Crippen LogP contribution in [0.2, 0.25) is 0 Å². The third kappa shape index (κ3) is 3.30. The minimum absolute atomic E-state index is 0.558. The second kappa shape index (κ2) is 6.16. The standard InChI is InChI=1S/C13H19N3O2/c1-8-5-9(2)12(7-18-4)10(3)11(8)6-15-16-13(14)17/h5-6H,7H2,1-4H3,(H3,14,16,17)/b15-6-. The van der Waals surface area contributed by atoms with Crippen molar-refractivity contribution >= 4 is 12.2 Å². The highest BCUT2D eigenvalue weighted by Crippen LogP contribution is 2.21. The molecule has 5 nitrogen and oxygen atoms in total. The normalized spacial score (nSPS) is 10.9. The van der Waals surface area contributed by atoms with Crippen molar-refractivity contribution in [3.63, 3.8) is 0 Å². The number of amides is 2. The Morgan fingerprint density at radius 1 is 1.44 bits per heavy atom. The predicted molar refractivity (Wildman–Crippen MR) is 71.7 cm³/mol. The van der Waals surface area contributed by atoms with Crippen molar-refractivity contribution in [2.45, 2.75) is 27.4 Å². The minimum atomic E-state index is -0.675. The summed E-state index contributed by atoms with van der Waals surface area (Å²) < 4.78 is 5.19. The van der Waals surface area contributed by atoms with E-state index in [0.29, 0.717) is 6.61 Å². The molecule has 0 heterocycles. The maximum absolute atomic E-state index is 10.6. The molecule has 0 aliphatic carbocycles. The van der Waals surface area contributed by atoms with E-state index in [9.17, 15) is 4.79 Å². The van der Waals surface area contributed by atoms with E-state index in [1.54, 1.807) is 13.3 Å². The van der Waals surface area contributed by atoms with Crippen molar-refractivity contribution in [1.29, 1.82) is 0 Å². The van der Waals surface area contributed by atoms with Crippen LogP contribution in [0.25, 0.3) is 0 Å². The lowest BCUT2D eigenvalue weighted by Crippen LogP contribution is -2.24. The summed E-state index contributed by atoms with van der Waals surface area (Å²) in [6.07, 6.45) is 1.61. The zero-order chi connectivity index (χ0) is 13.7. The summed E-state index contributed by atoms with van der Waals surface area (Å²) in [6, 6.07) is 1.40. The summed E-state index contributed by atoms with van der Waals surface area (Å²) in [5.41, 5.74) is 12.6.